The van der Waals surface area contributed by atoms with Crippen LogP contribution in [0.15, 0.2) is 11.6 Å². The Bertz CT molecular complexity index is 395. The van der Waals surface area contributed by atoms with E-state index >= 15 is 0 Å². The molecule has 5 heteroatoms. The van der Waals surface area contributed by atoms with Crippen molar-refractivity contribution in [1.29, 1.82) is 0 Å². The van der Waals surface area contributed by atoms with Crippen LogP contribution in [0.4, 0.5) is 4.79 Å². The fraction of sp³-hybridized carbons (Fsp3) is 0.714. The molecule has 1 aliphatic carbocycles. The molecule has 1 aliphatic rings. The van der Waals surface area contributed by atoms with Crippen LogP contribution in [-0.2, 0) is 9.53 Å². The molecule has 0 saturated carbocycles. The highest BCUT2D eigenvalue weighted by atomic mass is 16.5. The Morgan fingerprint density at radius 1 is 1.37 bits per heavy atom. The summed E-state index contributed by atoms with van der Waals surface area (Å²) in [6, 6.07) is -0.429. The average Bonchev–Trinajstić information content (AvgIpc) is 2.28. The minimum atomic E-state index is -1.01. The Morgan fingerprint density at radius 2 is 1.95 bits per heavy atom. The summed E-state index contributed by atoms with van der Waals surface area (Å²) in [5.41, 5.74) is -0.108. The lowest BCUT2D eigenvalue weighted by atomic mass is 9.85. The number of hydrogen-bond donors (Lipinski definition) is 1. The zero-order valence-corrected chi connectivity index (χ0v) is 12.3. The number of amides is 1. The third kappa shape index (κ3) is 3.49. The van der Waals surface area contributed by atoms with Gasteiger partial charge in [0.1, 0.15) is 0 Å². The van der Waals surface area contributed by atoms with E-state index in [9.17, 15) is 14.7 Å². The highest BCUT2D eigenvalue weighted by Gasteiger charge is 2.39. The molecule has 0 aliphatic heterocycles. The van der Waals surface area contributed by atoms with Crippen LogP contribution in [0.2, 0.25) is 0 Å². The van der Waals surface area contributed by atoms with Crippen LogP contribution in [0.1, 0.15) is 40.5 Å². The second-order valence-corrected chi connectivity index (χ2v) is 6.01. The van der Waals surface area contributed by atoms with E-state index in [2.05, 4.69) is 0 Å². The Hall–Kier alpha value is -1.52. The van der Waals surface area contributed by atoms with Gasteiger partial charge in [-0.2, -0.15) is 0 Å². The standard InChI is InChI=1S/C14H23NO4/c1-9-6-7-11(10(8-9)12(16)19-5)15(13(17)18)14(2,3)4/h8-9,11H,6-7H2,1-5H3,(H,17,18). The van der Waals surface area contributed by atoms with Crippen molar-refractivity contribution in [2.45, 2.75) is 52.1 Å². The molecule has 0 fully saturated rings. The van der Waals surface area contributed by atoms with Gasteiger partial charge in [-0.15, -0.1) is 0 Å². The second kappa shape index (κ2) is 5.63. The molecular formula is C14H23NO4. The zero-order chi connectivity index (χ0) is 14.8. The molecule has 1 rings (SSSR count). The number of nitrogens with zero attached hydrogens (tertiary/aromatic N) is 1. The number of carboxylic acid groups (broad SMARTS) is 1. The quantitative estimate of drug-likeness (QED) is 0.783. The molecule has 0 aromatic rings. The van der Waals surface area contributed by atoms with E-state index in [1.165, 1.54) is 12.0 Å². The van der Waals surface area contributed by atoms with Gasteiger partial charge in [0, 0.05) is 5.54 Å². The highest BCUT2D eigenvalue weighted by molar-refractivity contribution is 5.90. The van der Waals surface area contributed by atoms with Gasteiger partial charge < -0.3 is 9.84 Å². The van der Waals surface area contributed by atoms with Crippen LogP contribution in [0, 0.1) is 5.92 Å². The molecule has 0 bridgehead atoms. The summed E-state index contributed by atoms with van der Waals surface area (Å²) in [5.74, 6) is -0.173. The molecule has 0 spiro atoms. The van der Waals surface area contributed by atoms with Gasteiger partial charge in [0.05, 0.1) is 18.7 Å². The van der Waals surface area contributed by atoms with Crippen LogP contribution >= 0.6 is 0 Å². The molecule has 2 unspecified atom stereocenters. The van der Waals surface area contributed by atoms with Crippen LogP contribution in [0.25, 0.3) is 0 Å². The lowest BCUT2D eigenvalue weighted by molar-refractivity contribution is -0.137. The zero-order valence-electron chi connectivity index (χ0n) is 12.3. The number of ether oxygens (including phenoxy) is 1. The largest absolute Gasteiger partial charge is 0.466 e. The lowest BCUT2D eigenvalue weighted by Gasteiger charge is -2.42. The fourth-order valence-corrected chi connectivity index (χ4v) is 2.56. The minimum absolute atomic E-state index is 0.265. The third-order valence-corrected chi connectivity index (χ3v) is 3.38. The van der Waals surface area contributed by atoms with E-state index in [0.717, 1.165) is 6.42 Å². The lowest BCUT2D eigenvalue weighted by Crippen LogP contribution is -2.53. The maximum Gasteiger partial charge on any atom is 0.408 e. The van der Waals surface area contributed by atoms with E-state index in [1.807, 2.05) is 33.8 Å². The van der Waals surface area contributed by atoms with Crippen molar-refractivity contribution >= 4 is 12.1 Å². The fourth-order valence-electron chi connectivity index (χ4n) is 2.56. The summed E-state index contributed by atoms with van der Waals surface area (Å²) >= 11 is 0. The smallest absolute Gasteiger partial charge is 0.408 e. The van der Waals surface area contributed by atoms with E-state index in [1.54, 1.807) is 0 Å². The van der Waals surface area contributed by atoms with Gasteiger partial charge in [-0.1, -0.05) is 13.0 Å². The molecule has 19 heavy (non-hydrogen) atoms. The predicted octanol–water partition coefficient (Wildman–Crippen LogP) is 2.66. The van der Waals surface area contributed by atoms with E-state index in [0.29, 0.717) is 12.0 Å². The SMILES string of the molecule is COC(=O)C1=CC(C)CCC1N(C(=O)O)C(C)(C)C. The Kier molecular flexibility index (Phi) is 4.61. The first-order valence-electron chi connectivity index (χ1n) is 6.50. The average molecular weight is 269 g/mol. The minimum Gasteiger partial charge on any atom is -0.466 e. The van der Waals surface area contributed by atoms with Crippen molar-refractivity contribution in [1.82, 2.24) is 4.90 Å². The normalized spacial score (nSPS) is 23.5. The molecular weight excluding hydrogens is 246 g/mol. The summed E-state index contributed by atoms with van der Waals surface area (Å²) in [6.07, 6.45) is 2.33. The highest BCUT2D eigenvalue weighted by Crippen LogP contribution is 2.31. The summed E-state index contributed by atoms with van der Waals surface area (Å²) < 4.78 is 4.78. The topological polar surface area (TPSA) is 66.8 Å². The summed E-state index contributed by atoms with van der Waals surface area (Å²) in [6.45, 7) is 7.50. The summed E-state index contributed by atoms with van der Waals surface area (Å²) in [7, 11) is 1.32. The molecule has 5 nitrogen and oxygen atoms in total. The first-order chi connectivity index (χ1) is 8.68. The van der Waals surface area contributed by atoms with Crippen LogP contribution in [0.3, 0.4) is 0 Å². The maximum absolute atomic E-state index is 11.9. The van der Waals surface area contributed by atoms with Gasteiger partial charge in [0.25, 0.3) is 0 Å². The molecule has 0 heterocycles. The third-order valence-electron chi connectivity index (χ3n) is 3.38. The van der Waals surface area contributed by atoms with Gasteiger partial charge >= 0.3 is 12.1 Å². The number of esters is 1. The van der Waals surface area contributed by atoms with Gasteiger partial charge in [-0.3, -0.25) is 4.90 Å². The summed E-state index contributed by atoms with van der Waals surface area (Å²) in [5, 5.41) is 9.45. The number of carbonyl (C=O) groups excluding carboxylic acids is 1. The molecule has 2 atom stereocenters. The van der Waals surface area contributed by atoms with E-state index < -0.39 is 23.6 Å². The van der Waals surface area contributed by atoms with Crippen molar-refractivity contribution in [2.75, 3.05) is 7.11 Å². The first-order valence-corrected chi connectivity index (χ1v) is 6.50. The molecule has 0 radical (unpaired) electrons. The van der Waals surface area contributed by atoms with Crippen LogP contribution in [-0.4, -0.2) is 40.8 Å². The van der Waals surface area contributed by atoms with E-state index in [4.69, 9.17) is 4.74 Å². The molecule has 0 saturated heterocycles. The molecule has 0 aromatic heterocycles. The van der Waals surface area contributed by atoms with Crippen molar-refractivity contribution in [3.05, 3.63) is 11.6 Å². The van der Waals surface area contributed by atoms with Gasteiger partial charge in [0.15, 0.2) is 0 Å². The number of hydrogen-bond acceptors (Lipinski definition) is 3. The second-order valence-electron chi connectivity index (χ2n) is 6.01. The van der Waals surface area contributed by atoms with Crippen LogP contribution in [0.5, 0.6) is 0 Å². The Labute approximate surface area is 114 Å². The number of rotatable bonds is 2. The Morgan fingerprint density at radius 3 is 2.37 bits per heavy atom. The molecule has 0 aromatic carbocycles. The Balaban J connectivity index is 3.17. The number of methoxy groups -OCH3 is 1. The van der Waals surface area contributed by atoms with E-state index in [-0.39, 0.29) is 5.92 Å². The van der Waals surface area contributed by atoms with Crippen molar-refractivity contribution in [3.8, 4) is 0 Å². The number of allylic oxidation sites excluding steroid dienone is 1. The maximum atomic E-state index is 11.9. The summed E-state index contributed by atoms with van der Waals surface area (Å²) in [4.78, 5) is 24.7. The molecule has 1 N–H and O–H groups in total. The van der Waals surface area contributed by atoms with Gasteiger partial charge in [-0.05, 0) is 39.5 Å². The predicted molar refractivity (Wildman–Crippen MR) is 71.9 cm³/mol. The van der Waals surface area contributed by atoms with Gasteiger partial charge in [0.2, 0.25) is 0 Å². The van der Waals surface area contributed by atoms with Gasteiger partial charge in [-0.25, -0.2) is 9.59 Å². The monoisotopic (exact) mass is 269 g/mol. The van der Waals surface area contributed by atoms with Crippen LogP contribution < -0.4 is 0 Å². The van der Waals surface area contributed by atoms with Crippen molar-refractivity contribution in [2.24, 2.45) is 5.92 Å². The van der Waals surface area contributed by atoms with Crippen molar-refractivity contribution < 1.29 is 19.4 Å². The van der Waals surface area contributed by atoms with Crippen molar-refractivity contribution in [3.63, 3.8) is 0 Å². The molecule has 108 valence electrons. The first kappa shape index (κ1) is 15.5. The number of carbonyl (C=O) groups is 2. The molecule has 1 amide bonds.